The lowest BCUT2D eigenvalue weighted by atomic mass is 9.87. The molecule has 2 rings (SSSR count). The lowest BCUT2D eigenvalue weighted by Crippen LogP contribution is -2.46. The molecule has 0 unspecified atom stereocenters. The predicted octanol–water partition coefficient (Wildman–Crippen LogP) is 3.79. The maximum atomic E-state index is 11.6. The highest BCUT2D eigenvalue weighted by Crippen LogP contribution is 2.24. The molecule has 0 radical (unpaired) electrons. The molecule has 170 valence electrons. The van der Waals surface area contributed by atoms with E-state index in [1.54, 1.807) is 7.05 Å². The van der Waals surface area contributed by atoms with Crippen LogP contribution in [0.5, 0.6) is 5.75 Å². The minimum atomic E-state index is 0. The number of halogens is 1. The zero-order valence-electron chi connectivity index (χ0n) is 19.2. The number of hydrogen-bond acceptors (Lipinski definition) is 3. The van der Waals surface area contributed by atoms with Crippen molar-refractivity contribution in [2.24, 2.45) is 10.9 Å². The van der Waals surface area contributed by atoms with Gasteiger partial charge in [-0.2, -0.15) is 0 Å². The fraction of sp³-hybridized carbons (Fsp3) is 0.652. The van der Waals surface area contributed by atoms with Crippen molar-refractivity contribution in [3.8, 4) is 5.75 Å². The van der Waals surface area contributed by atoms with Crippen LogP contribution >= 0.6 is 24.0 Å². The Bertz CT molecular complexity index is 663. The van der Waals surface area contributed by atoms with Crippen LogP contribution in [0, 0.1) is 5.92 Å². The number of benzene rings is 1. The van der Waals surface area contributed by atoms with E-state index in [9.17, 15) is 4.79 Å². The summed E-state index contributed by atoms with van der Waals surface area (Å²) in [6, 6.07) is 8.33. The first-order valence-corrected chi connectivity index (χ1v) is 10.8. The van der Waals surface area contributed by atoms with Crippen molar-refractivity contribution >= 4 is 35.8 Å². The summed E-state index contributed by atoms with van der Waals surface area (Å²) in [5.41, 5.74) is 1.45. The molecule has 1 heterocycles. The van der Waals surface area contributed by atoms with E-state index in [1.165, 1.54) is 5.56 Å². The number of nitrogens with one attached hydrogen (secondary N) is 2. The van der Waals surface area contributed by atoms with Gasteiger partial charge in [-0.15, -0.1) is 24.0 Å². The van der Waals surface area contributed by atoms with Crippen LogP contribution in [0.4, 0.5) is 0 Å². The van der Waals surface area contributed by atoms with E-state index in [-0.39, 0.29) is 35.3 Å². The van der Waals surface area contributed by atoms with E-state index < -0.39 is 0 Å². The van der Waals surface area contributed by atoms with Crippen molar-refractivity contribution in [3.63, 3.8) is 0 Å². The molecule has 1 fully saturated rings. The standard InChI is InChI=1S/C23H38N4O2.HI/c1-6-25-22(27-14-11-18(12-15-27)17-21(28)24-5)26-13-16-29-20-9-7-19(8-10-20)23(2,3)4;/h7-10,18H,6,11-17H2,1-5H3,(H,24,28)(H,25,26);1H. The quantitative estimate of drug-likeness (QED) is 0.244. The van der Waals surface area contributed by atoms with Crippen molar-refractivity contribution < 1.29 is 9.53 Å². The number of ether oxygens (including phenoxy) is 1. The van der Waals surface area contributed by atoms with Gasteiger partial charge in [-0.3, -0.25) is 4.79 Å². The Kier molecular flexibility index (Phi) is 11.5. The fourth-order valence-corrected chi connectivity index (χ4v) is 3.51. The molecule has 0 bridgehead atoms. The van der Waals surface area contributed by atoms with Gasteiger partial charge in [0.2, 0.25) is 5.91 Å². The molecule has 0 aliphatic carbocycles. The van der Waals surface area contributed by atoms with Gasteiger partial charge in [0.15, 0.2) is 5.96 Å². The summed E-state index contributed by atoms with van der Waals surface area (Å²) in [5.74, 6) is 2.43. The molecule has 7 heteroatoms. The lowest BCUT2D eigenvalue weighted by molar-refractivity contribution is -0.121. The number of likely N-dealkylation sites (tertiary alicyclic amines) is 1. The highest BCUT2D eigenvalue weighted by Gasteiger charge is 2.23. The summed E-state index contributed by atoms with van der Waals surface area (Å²) < 4.78 is 5.86. The van der Waals surface area contributed by atoms with Gasteiger partial charge < -0.3 is 20.3 Å². The summed E-state index contributed by atoms with van der Waals surface area (Å²) in [6.07, 6.45) is 2.67. The van der Waals surface area contributed by atoms with E-state index in [4.69, 9.17) is 9.73 Å². The van der Waals surface area contributed by atoms with Crippen molar-refractivity contribution in [1.29, 1.82) is 0 Å². The van der Waals surface area contributed by atoms with Crippen molar-refractivity contribution in [1.82, 2.24) is 15.5 Å². The first-order chi connectivity index (χ1) is 13.8. The van der Waals surface area contributed by atoms with Gasteiger partial charge in [-0.05, 0) is 48.8 Å². The SMILES string of the molecule is CCNC(=NCCOc1ccc(C(C)(C)C)cc1)N1CCC(CC(=O)NC)CC1.I. The van der Waals surface area contributed by atoms with Crippen molar-refractivity contribution in [3.05, 3.63) is 29.8 Å². The summed E-state index contributed by atoms with van der Waals surface area (Å²) in [4.78, 5) is 18.6. The van der Waals surface area contributed by atoms with Gasteiger partial charge in [0.1, 0.15) is 12.4 Å². The summed E-state index contributed by atoms with van der Waals surface area (Å²) >= 11 is 0. The Labute approximate surface area is 199 Å². The van der Waals surface area contributed by atoms with Gasteiger partial charge in [0.25, 0.3) is 0 Å². The Morgan fingerprint density at radius 3 is 2.37 bits per heavy atom. The van der Waals surface area contributed by atoms with Gasteiger partial charge in [-0.1, -0.05) is 32.9 Å². The van der Waals surface area contributed by atoms with Crippen LogP contribution in [-0.4, -0.2) is 56.6 Å². The minimum Gasteiger partial charge on any atom is -0.492 e. The van der Waals surface area contributed by atoms with E-state index in [1.807, 2.05) is 12.1 Å². The second-order valence-corrected chi connectivity index (χ2v) is 8.67. The predicted molar refractivity (Wildman–Crippen MR) is 135 cm³/mol. The molecular formula is C23H39IN4O2. The Morgan fingerprint density at radius 2 is 1.83 bits per heavy atom. The number of rotatable bonds is 7. The number of carbonyl (C=O) groups excluding carboxylic acids is 1. The molecule has 0 aromatic heterocycles. The third-order valence-corrected chi connectivity index (χ3v) is 5.34. The smallest absolute Gasteiger partial charge is 0.220 e. The molecule has 2 N–H and O–H groups in total. The van der Waals surface area contributed by atoms with Crippen LogP contribution in [0.2, 0.25) is 0 Å². The minimum absolute atomic E-state index is 0. The Balaban J connectivity index is 0.00000450. The van der Waals surface area contributed by atoms with Gasteiger partial charge >= 0.3 is 0 Å². The van der Waals surface area contributed by atoms with Crippen LogP contribution in [-0.2, 0) is 10.2 Å². The molecule has 0 saturated carbocycles. The van der Waals surface area contributed by atoms with Crippen LogP contribution in [0.3, 0.4) is 0 Å². The number of piperidine rings is 1. The first-order valence-electron chi connectivity index (χ1n) is 10.8. The van der Waals surface area contributed by atoms with Gasteiger partial charge in [0.05, 0.1) is 6.54 Å². The summed E-state index contributed by atoms with van der Waals surface area (Å²) in [6.45, 7) is 12.6. The molecule has 1 aromatic carbocycles. The van der Waals surface area contributed by atoms with E-state index in [0.29, 0.717) is 25.5 Å². The van der Waals surface area contributed by atoms with E-state index in [0.717, 1.165) is 44.2 Å². The van der Waals surface area contributed by atoms with Crippen molar-refractivity contribution in [2.75, 3.05) is 39.8 Å². The van der Waals surface area contributed by atoms with Crippen LogP contribution < -0.4 is 15.4 Å². The third kappa shape index (κ3) is 8.70. The number of hydrogen-bond donors (Lipinski definition) is 2. The topological polar surface area (TPSA) is 66.0 Å². The molecule has 0 atom stereocenters. The monoisotopic (exact) mass is 530 g/mol. The molecule has 30 heavy (non-hydrogen) atoms. The lowest BCUT2D eigenvalue weighted by Gasteiger charge is -2.34. The number of amides is 1. The summed E-state index contributed by atoms with van der Waals surface area (Å²) in [7, 11) is 1.70. The van der Waals surface area contributed by atoms with Crippen LogP contribution in [0.25, 0.3) is 0 Å². The van der Waals surface area contributed by atoms with E-state index in [2.05, 4.69) is 55.4 Å². The third-order valence-electron chi connectivity index (χ3n) is 5.34. The number of nitrogens with zero attached hydrogens (tertiary/aromatic N) is 2. The Hall–Kier alpha value is -1.51. The van der Waals surface area contributed by atoms with Crippen molar-refractivity contribution in [2.45, 2.75) is 52.4 Å². The molecule has 1 amide bonds. The molecule has 1 aromatic rings. The summed E-state index contributed by atoms with van der Waals surface area (Å²) in [5, 5.41) is 6.11. The molecule has 1 aliphatic heterocycles. The van der Waals surface area contributed by atoms with Gasteiger partial charge in [0, 0.05) is 33.1 Å². The molecule has 1 aliphatic rings. The molecule has 1 saturated heterocycles. The normalized spacial score (nSPS) is 15.4. The van der Waals surface area contributed by atoms with Crippen LogP contribution in [0.1, 0.15) is 52.5 Å². The number of carbonyl (C=O) groups is 1. The Morgan fingerprint density at radius 1 is 1.20 bits per heavy atom. The second-order valence-electron chi connectivity index (χ2n) is 8.67. The van der Waals surface area contributed by atoms with Crippen LogP contribution in [0.15, 0.2) is 29.3 Å². The molecule has 0 spiro atoms. The fourth-order valence-electron chi connectivity index (χ4n) is 3.51. The highest BCUT2D eigenvalue weighted by molar-refractivity contribution is 14.0. The number of guanidine groups is 1. The average molecular weight is 530 g/mol. The highest BCUT2D eigenvalue weighted by atomic mass is 127. The molecule has 6 nitrogen and oxygen atoms in total. The van der Waals surface area contributed by atoms with E-state index >= 15 is 0 Å². The average Bonchev–Trinajstić information content (AvgIpc) is 2.70. The maximum absolute atomic E-state index is 11.6. The first kappa shape index (κ1) is 26.5. The largest absolute Gasteiger partial charge is 0.492 e. The zero-order chi connectivity index (χ0) is 21.3. The van der Waals surface area contributed by atoms with Gasteiger partial charge in [-0.25, -0.2) is 4.99 Å². The second kappa shape index (κ2) is 13.0. The molecular weight excluding hydrogens is 491 g/mol. The maximum Gasteiger partial charge on any atom is 0.220 e. The zero-order valence-corrected chi connectivity index (χ0v) is 21.5. The number of aliphatic imine (C=N–C) groups is 1.